The van der Waals surface area contributed by atoms with Crippen LogP contribution in [0.4, 0.5) is 10.2 Å². The zero-order valence-electron chi connectivity index (χ0n) is 19.0. The number of fused-ring (bicyclic) bond motifs is 1. The Bertz CT molecular complexity index is 860. The first kappa shape index (κ1) is 24.1. The van der Waals surface area contributed by atoms with Crippen LogP contribution in [0.25, 0.3) is 0 Å². The van der Waals surface area contributed by atoms with E-state index in [-0.39, 0.29) is 11.6 Å². The number of nitrogens with two attached hydrogens (primary N) is 1. The number of rotatable bonds is 13. The number of hydrogen-bond donors (Lipinski definition) is 2. The van der Waals surface area contributed by atoms with Crippen LogP contribution in [0.2, 0.25) is 0 Å². The lowest BCUT2D eigenvalue weighted by atomic mass is 10.1. The first-order valence-corrected chi connectivity index (χ1v) is 11.6. The Morgan fingerprint density at radius 2 is 2.00 bits per heavy atom. The van der Waals surface area contributed by atoms with Gasteiger partial charge < -0.3 is 15.8 Å². The number of ketones is 1. The van der Waals surface area contributed by atoms with Crippen LogP contribution in [-0.2, 0) is 17.6 Å². The molecule has 2 aromatic rings. The highest BCUT2D eigenvalue weighted by molar-refractivity contribution is 5.81. The first-order valence-electron chi connectivity index (χ1n) is 11.6. The third-order valence-electron chi connectivity index (χ3n) is 5.88. The van der Waals surface area contributed by atoms with E-state index in [2.05, 4.69) is 22.3 Å². The van der Waals surface area contributed by atoms with E-state index in [1.807, 2.05) is 0 Å². The second-order valence-corrected chi connectivity index (χ2v) is 8.45. The summed E-state index contributed by atoms with van der Waals surface area (Å²) in [5, 5.41) is 3.39. The summed E-state index contributed by atoms with van der Waals surface area (Å²) in [4.78, 5) is 18.5. The van der Waals surface area contributed by atoms with Gasteiger partial charge in [0.05, 0.1) is 6.04 Å². The molecular weight excluding hydrogens is 407 g/mol. The van der Waals surface area contributed by atoms with E-state index in [4.69, 9.17) is 15.5 Å². The van der Waals surface area contributed by atoms with Crippen molar-refractivity contribution in [2.75, 3.05) is 38.1 Å². The summed E-state index contributed by atoms with van der Waals surface area (Å²) in [7, 11) is 0. The monoisotopic (exact) mass is 442 g/mol. The predicted molar refractivity (Wildman–Crippen MR) is 126 cm³/mol. The number of nitrogens with one attached hydrogen (secondary N) is 1. The Morgan fingerprint density at radius 3 is 2.78 bits per heavy atom. The summed E-state index contributed by atoms with van der Waals surface area (Å²) < 4.78 is 18.8. The molecule has 1 atom stereocenters. The molecule has 1 aliphatic heterocycles. The van der Waals surface area contributed by atoms with Gasteiger partial charge in [0, 0.05) is 25.3 Å². The Labute approximate surface area is 190 Å². The van der Waals surface area contributed by atoms with Crippen LogP contribution < -0.4 is 15.8 Å². The minimum atomic E-state index is -0.428. The number of carbonyl (C=O) groups excluding carboxylic acids is 1. The normalized spacial score (nSPS) is 14.0. The Kier molecular flexibility index (Phi) is 9.43. The van der Waals surface area contributed by atoms with Crippen molar-refractivity contribution >= 4 is 11.6 Å². The van der Waals surface area contributed by atoms with Crippen LogP contribution in [-0.4, -0.2) is 54.5 Å². The topological polar surface area (TPSA) is 80.5 Å². The van der Waals surface area contributed by atoms with Gasteiger partial charge in [0.2, 0.25) is 0 Å². The van der Waals surface area contributed by atoms with Gasteiger partial charge in [0.25, 0.3) is 0 Å². The Hall–Kier alpha value is -2.51. The smallest absolute Gasteiger partial charge is 0.146 e. The molecule has 6 nitrogen and oxygen atoms in total. The third kappa shape index (κ3) is 7.88. The summed E-state index contributed by atoms with van der Waals surface area (Å²) in [6.45, 7) is 5.41. The molecule has 3 N–H and O–H groups in total. The highest BCUT2D eigenvalue weighted by atomic mass is 19.1. The largest absolute Gasteiger partial charge is 0.492 e. The lowest BCUT2D eigenvalue weighted by Gasteiger charge is -2.23. The molecule has 0 amide bonds. The van der Waals surface area contributed by atoms with E-state index in [0.29, 0.717) is 18.8 Å². The molecule has 2 heterocycles. The number of pyridine rings is 1. The van der Waals surface area contributed by atoms with Crippen molar-refractivity contribution in [3.8, 4) is 5.75 Å². The minimum absolute atomic E-state index is 0.0135. The number of anilines is 1. The first-order chi connectivity index (χ1) is 15.5. The van der Waals surface area contributed by atoms with Crippen LogP contribution in [0.15, 0.2) is 36.4 Å². The molecular formula is C25H35FN4O2. The number of aryl methyl sites for hydroxylation is 2. The van der Waals surface area contributed by atoms with Crippen LogP contribution >= 0.6 is 0 Å². The Morgan fingerprint density at radius 1 is 1.19 bits per heavy atom. The van der Waals surface area contributed by atoms with Gasteiger partial charge in [-0.25, -0.2) is 9.37 Å². The molecule has 0 bridgehead atoms. The van der Waals surface area contributed by atoms with E-state index in [1.165, 1.54) is 31.0 Å². The maximum atomic E-state index is 13.0. The van der Waals surface area contributed by atoms with Gasteiger partial charge in [-0.2, -0.15) is 0 Å². The molecule has 7 heteroatoms. The van der Waals surface area contributed by atoms with Crippen molar-refractivity contribution in [1.82, 2.24) is 9.88 Å². The maximum Gasteiger partial charge on any atom is 0.146 e. The van der Waals surface area contributed by atoms with Gasteiger partial charge in [-0.15, -0.1) is 0 Å². The molecule has 0 radical (unpaired) electrons. The van der Waals surface area contributed by atoms with Crippen molar-refractivity contribution in [2.45, 2.75) is 51.5 Å². The van der Waals surface area contributed by atoms with Gasteiger partial charge >= 0.3 is 0 Å². The summed E-state index contributed by atoms with van der Waals surface area (Å²) in [5.74, 6) is 1.44. The van der Waals surface area contributed by atoms with E-state index in [9.17, 15) is 9.18 Å². The van der Waals surface area contributed by atoms with Crippen molar-refractivity contribution in [3.63, 3.8) is 0 Å². The number of halogens is 1. The van der Waals surface area contributed by atoms with Crippen LogP contribution in [0.1, 0.15) is 43.9 Å². The fraction of sp³-hybridized carbons (Fsp3) is 0.520. The molecule has 1 aromatic heterocycles. The quantitative estimate of drug-likeness (QED) is 0.462. The third-order valence-corrected chi connectivity index (χ3v) is 5.88. The number of aromatic nitrogens is 1. The zero-order chi connectivity index (χ0) is 22.8. The summed E-state index contributed by atoms with van der Waals surface area (Å²) in [6, 6.07) is 9.96. The van der Waals surface area contributed by atoms with Crippen molar-refractivity contribution in [1.29, 1.82) is 0 Å². The van der Waals surface area contributed by atoms with Crippen molar-refractivity contribution < 1.29 is 13.9 Å². The van der Waals surface area contributed by atoms with E-state index < -0.39 is 6.04 Å². The predicted octanol–water partition coefficient (Wildman–Crippen LogP) is 3.59. The fourth-order valence-electron chi connectivity index (χ4n) is 3.83. The average Bonchev–Trinajstić information content (AvgIpc) is 2.80. The summed E-state index contributed by atoms with van der Waals surface area (Å²) in [6.07, 6.45) is 5.92. The van der Waals surface area contributed by atoms with E-state index in [0.717, 1.165) is 63.4 Å². The van der Waals surface area contributed by atoms with Gasteiger partial charge in [-0.3, -0.25) is 9.69 Å². The Balaban J connectivity index is 1.44. The lowest BCUT2D eigenvalue weighted by Crippen LogP contribution is -2.36. The number of carbonyl (C=O) groups is 1. The second-order valence-electron chi connectivity index (χ2n) is 8.45. The van der Waals surface area contributed by atoms with Gasteiger partial charge in [0.15, 0.2) is 0 Å². The molecule has 174 valence electrons. The molecule has 0 spiro atoms. The van der Waals surface area contributed by atoms with Crippen molar-refractivity contribution in [2.24, 2.45) is 5.73 Å². The molecule has 0 aliphatic carbocycles. The SMILES string of the molecule is CC(=O)[C@@H](N)CCN(CCCCc1ccc2c(n1)NCCC2)CCOc1ccc(F)cc1. The van der Waals surface area contributed by atoms with Crippen molar-refractivity contribution in [3.05, 3.63) is 53.5 Å². The minimum Gasteiger partial charge on any atom is -0.492 e. The molecule has 0 saturated carbocycles. The fourth-order valence-corrected chi connectivity index (χ4v) is 3.83. The average molecular weight is 443 g/mol. The number of hydrogen-bond acceptors (Lipinski definition) is 6. The van der Waals surface area contributed by atoms with Gasteiger partial charge in [-0.05, 0) is 87.9 Å². The molecule has 0 fully saturated rings. The van der Waals surface area contributed by atoms with Gasteiger partial charge in [0.1, 0.15) is 29.8 Å². The van der Waals surface area contributed by atoms with Crippen LogP contribution in [0, 0.1) is 5.82 Å². The number of Topliss-reactive ketones (excluding diaryl/α,β-unsaturated/α-hetero) is 1. The molecule has 1 aliphatic rings. The zero-order valence-corrected chi connectivity index (χ0v) is 19.0. The maximum absolute atomic E-state index is 13.0. The second kappa shape index (κ2) is 12.5. The molecule has 0 unspecified atom stereocenters. The summed E-state index contributed by atoms with van der Waals surface area (Å²) >= 11 is 0. The molecule has 32 heavy (non-hydrogen) atoms. The molecule has 0 saturated heterocycles. The molecule has 3 rings (SSSR count). The lowest BCUT2D eigenvalue weighted by molar-refractivity contribution is -0.118. The van der Waals surface area contributed by atoms with Gasteiger partial charge in [-0.1, -0.05) is 6.07 Å². The van der Waals surface area contributed by atoms with E-state index >= 15 is 0 Å². The number of ether oxygens (including phenoxy) is 1. The number of nitrogens with zero attached hydrogens (tertiary/aromatic N) is 2. The standard InChI is InChI=1S/C25H35FN4O2/c1-19(31)24(27)13-16-30(17-18-32-23-11-8-21(26)9-12-23)15-3-2-6-22-10-7-20-5-4-14-28-25(20)29-22/h7-12,24H,2-6,13-18,27H2,1H3,(H,28,29)/t24-/m0/s1. The van der Waals surface area contributed by atoms with Crippen LogP contribution in [0.3, 0.4) is 0 Å². The highest BCUT2D eigenvalue weighted by Gasteiger charge is 2.13. The van der Waals surface area contributed by atoms with Crippen LogP contribution in [0.5, 0.6) is 5.75 Å². The number of unbranched alkanes of at least 4 members (excludes halogenated alkanes) is 1. The van der Waals surface area contributed by atoms with E-state index in [1.54, 1.807) is 12.1 Å². The highest BCUT2D eigenvalue weighted by Crippen LogP contribution is 2.20. The summed E-state index contributed by atoms with van der Waals surface area (Å²) in [5.41, 5.74) is 8.37. The number of benzene rings is 1. The molecule has 1 aromatic carbocycles.